The standard InChI is InChI=1S/C17H18N4/c1-2-13-10-19-9-6-17(13)16(3-1)14-11-20-21(12-14)15-4-7-18-8-5-15/h1-3,6,9-12,15,18H,4-5,7-8H2. The number of benzene rings is 1. The first-order valence-electron chi connectivity index (χ1n) is 7.50. The maximum Gasteiger partial charge on any atom is 0.0568 e. The molecule has 0 unspecified atom stereocenters. The highest BCUT2D eigenvalue weighted by molar-refractivity contribution is 5.95. The minimum atomic E-state index is 0.525. The Labute approximate surface area is 123 Å². The Kier molecular flexibility index (Phi) is 3.16. The summed E-state index contributed by atoms with van der Waals surface area (Å²) < 4.78 is 2.14. The first-order valence-corrected chi connectivity index (χ1v) is 7.50. The molecule has 0 atom stereocenters. The second-order valence-electron chi connectivity index (χ2n) is 5.59. The van der Waals surface area contributed by atoms with Crippen LogP contribution in [0.1, 0.15) is 18.9 Å². The van der Waals surface area contributed by atoms with E-state index in [9.17, 15) is 0 Å². The topological polar surface area (TPSA) is 42.7 Å². The number of nitrogens with one attached hydrogen (secondary N) is 1. The molecule has 1 saturated heterocycles. The van der Waals surface area contributed by atoms with Gasteiger partial charge in [-0.1, -0.05) is 18.2 Å². The Hall–Kier alpha value is -2.20. The fourth-order valence-corrected chi connectivity index (χ4v) is 3.12. The van der Waals surface area contributed by atoms with E-state index in [0.29, 0.717) is 6.04 Å². The summed E-state index contributed by atoms with van der Waals surface area (Å²) in [5, 5.41) is 10.4. The summed E-state index contributed by atoms with van der Waals surface area (Å²) in [7, 11) is 0. The normalized spacial score (nSPS) is 16.4. The van der Waals surface area contributed by atoms with Gasteiger partial charge in [-0.2, -0.15) is 5.10 Å². The summed E-state index contributed by atoms with van der Waals surface area (Å²) in [6.45, 7) is 2.17. The summed E-state index contributed by atoms with van der Waals surface area (Å²) in [6, 6.07) is 8.94. The van der Waals surface area contributed by atoms with E-state index >= 15 is 0 Å². The predicted octanol–water partition coefficient (Wildman–Crippen LogP) is 3.02. The summed E-state index contributed by atoms with van der Waals surface area (Å²) in [6.07, 6.45) is 10.2. The molecule has 0 amide bonds. The first-order chi connectivity index (χ1) is 10.4. The molecule has 0 spiro atoms. The molecule has 4 rings (SSSR count). The van der Waals surface area contributed by atoms with E-state index in [4.69, 9.17) is 0 Å². The monoisotopic (exact) mass is 278 g/mol. The Morgan fingerprint density at radius 1 is 1.10 bits per heavy atom. The fraction of sp³-hybridized carbons (Fsp3) is 0.294. The SMILES string of the molecule is c1cc(-c2cnn(C3CCNCC3)c2)c2ccncc2c1. The van der Waals surface area contributed by atoms with Crippen LogP contribution in [0, 0.1) is 0 Å². The number of fused-ring (bicyclic) bond motifs is 1. The van der Waals surface area contributed by atoms with Crippen LogP contribution in [-0.4, -0.2) is 27.9 Å². The maximum absolute atomic E-state index is 4.60. The lowest BCUT2D eigenvalue weighted by atomic mass is 10.0. The summed E-state index contributed by atoms with van der Waals surface area (Å²) in [5.41, 5.74) is 2.42. The van der Waals surface area contributed by atoms with Crippen molar-refractivity contribution in [3.8, 4) is 11.1 Å². The molecule has 106 valence electrons. The number of hydrogen-bond donors (Lipinski definition) is 1. The van der Waals surface area contributed by atoms with Crippen LogP contribution >= 0.6 is 0 Å². The number of rotatable bonds is 2. The average molecular weight is 278 g/mol. The van der Waals surface area contributed by atoms with Crippen molar-refractivity contribution >= 4 is 10.8 Å². The third-order valence-electron chi connectivity index (χ3n) is 4.28. The second kappa shape index (κ2) is 5.30. The fourth-order valence-electron chi connectivity index (χ4n) is 3.12. The van der Waals surface area contributed by atoms with Gasteiger partial charge in [-0.25, -0.2) is 0 Å². The minimum Gasteiger partial charge on any atom is -0.317 e. The van der Waals surface area contributed by atoms with Gasteiger partial charge in [-0.05, 0) is 42.9 Å². The molecule has 1 N–H and O–H groups in total. The highest BCUT2D eigenvalue weighted by Crippen LogP contribution is 2.29. The molecular formula is C17H18N4. The highest BCUT2D eigenvalue weighted by Gasteiger charge is 2.16. The van der Waals surface area contributed by atoms with Gasteiger partial charge in [0, 0.05) is 29.5 Å². The molecule has 3 aromatic rings. The molecule has 0 aliphatic carbocycles. The van der Waals surface area contributed by atoms with Gasteiger partial charge >= 0.3 is 0 Å². The Bertz CT molecular complexity index is 751. The molecule has 1 aromatic carbocycles. The lowest BCUT2D eigenvalue weighted by Crippen LogP contribution is -2.29. The van der Waals surface area contributed by atoms with E-state index in [1.165, 1.54) is 21.9 Å². The molecule has 4 heteroatoms. The summed E-state index contributed by atoms with van der Waals surface area (Å²) in [5.74, 6) is 0. The van der Waals surface area contributed by atoms with Crippen LogP contribution in [0.5, 0.6) is 0 Å². The zero-order valence-corrected chi connectivity index (χ0v) is 11.9. The molecule has 21 heavy (non-hydrogen) atoms. The van der Waals surface area contributed by atoms with Crippen LogP contribution in [0.3, 0.4) is 0 Å². The molecular weight excluding hydrogens is 260 g/mol. The lowest BCUT2D eigenvalue weighted by molar-refractivity contribution is 0.343. The van der Waals surface area contributed by atoms with Crippen LogP contribution < -0.4 is 5.32 Å². The largest absolute Gasteiger partial charge is 0.317 e. The van der Waals surface area contributed by atoms with Gasteiger partial charge in [0.05, 0.1) is 12.2 Å². The molecule has 0 bridgehead atoms. The van der Waals surface area contributed by atoms with E-state index in [1.807, 2.05) is 18.6 Å². The predicted molar refractivity (Wildman–Crippen MR) is 84.1 cm³/mol. The Morgan fingerprint density at radius 2 is 2.00 bits per heavy atom. The van der Waals surface area contributed by atoms with Gasteiger partial charge in [0.2, 0.25) is 0 Å². The zero-order valence-electron chi connectivity index (χ0n) is 11.9. The summed E-state index contributed by atoms with van der Waals surface area (Å²) >= 11 is 0. The third kappa shape index (κ3) is 2.32. The van der Waals surface area contributed by atoms with E-state index < -0.39 is 0 Å². The van der Waals surface area contributed by atoms with E-state index in [1.54, 1.807) is 0 Å². The summed E-state index contributed by atoms with van der Waals surface area (Å²) in [4.78, 5) is 4.20. The Balaban J connectivity index is 1.74. The van der Waals surface area contributed by atoms with Crippen molar-refractivity contribution in [3.63, 3.8) is 0 Å². The first kappa shape index (κ1) is 12.5. The van der Waals surface area contributed by atoms with E-state index in [2.05, 4.69) is 50.5 Å². The van der Waals surface area contributed by atoms with Gasteiger partial charge in [0.25, 0.3) is 0 Å². The number of aromatic nitrogens is 3. The van der Waals surface area contributed by atoms with Crippen molar-refractivity contribution in [2.45, 2.75) is 18.9 Å². The number of nitrogens with zero attached hydrogens (tertiary/aromatic N) is 3. The zero-order chi connectivity index (χ0) is 14.1. The second-order valence-corrected chi connectivity index (χ2v) is 5.59. The van der Waals surface area contributed by atoms with Gasteiger partial charge in [0.15, 0.2) is 0 Å². The number of pyridine rings is 1. The van der Waals surface area contributed by atoms with Gasteiger partial charge in [-0.15, -0.1) is 0 Å². The van der Waals surface area contributed by atoms with Gasteiger partial charge < -0.3 is 5.32 Å². The van der Waals surface area contributed by atoms with E-state index in [-0.39, 0.29) is 0 Å². The lowest BCUT2D eigenvalue weighted by Gasteiger charge is -2.22. The molecule has 1 aliphatic heterocycles. The highest BCUT2D eigenvalue weighted by atomic mass is 15.3. The van der Waals surface area contributed by atoms with Gasteiger partial charge in [0.1, 0.15) is 0 Å². The van der Waals surface area contributed by atoms with Crippen LogP contribution in [0.4, 0.5) is 0 Å². The van der Waals surface area contributed by atoms with Crippen LogP contribution in [0.15, 0.2) is 49.1 Å². The quantitative estimate of drug-likeness (QED) is 0.783. The van der Waals surface area contributed by atoms with Crippen molar-refractivity contribution in [2.24, 2.45) is 0 Å². The van der Waals surface area contributed by atoms with Crippen LogP contribution in [0.2, 0.25) is 0 Å². The van der Waals surface area contributed by atoms with Crippen molar-refractivity contribution in [3.05, 3.63) is 49.1 Å². The molecule has 0 saturated carbocycles. The van der Waals surface area contributed by atoms with Crippen molar-refractivity contribution in [2.75, 3.05) is 13.1 Å². The molecule has 1 aliphatic rings. The van der Waals surface area contributed by atoms with Crippen LogP contribution in [0.25, 0.3) is 21.9 Å². The maximum atomic E-state index is 4.60. The van der Waals surface area contributed by atoms with Crippen LogP contribution in [-0.2, 0) is 0 Å². The smallest absolute Gasteiger partial charge is 0.0568 e. The Morgan fingerprint density at radius 3 is 2.90 bits per heavy atom. The van der Waals surface area contributed by atoms with E-state index in [0.717, 1.165) is 25.9 Å². The molecule has 4 nitrogen and oxygen atoms in total. The average Bonchev–Trinajstić information content (AvgIpc) is 3.05. The molecule has 3 heterocycles. The molecule has 2 aromatic heterocycles. The van der Waals surface area contributed by atoms with Crippen molar-refractivity contribution in [1.29, 1.82) is 0 Å². The number of piperidine rings is 1. The minimum absolute atomic E-state index is 0.525. The van der Waals surface area contributed by atoms with Gasteiger partial charge in [-0.3, -0.25) is 9.67 Å². The van der Waals surface area contributed by atoms with Crippen molar-refractivity contribution < 1.29 is 0 Å². The molecule has 0 radical (unpaired) electrons. The number of hydrogen-bond acceptors (Lipinski definition) is 3. The molecule has 1 fully saturated rings. The van der Waals surface area contributed by atoms with Crippen molar-refractivity contribution in [1.82, 2.24) is 20.1 Å². The third-order valence-corrected chi connectivity index (χ3v) is 4.28.